The van der Waals surface area contributed by atoms with Crippen LogP contribution >= 0.6 is 16.1 Å². The summed E-state index contributed by atoms with van der Waals surface area (Å²) in [6.07, 6.45) is -0.619. The van der Waals surface area contributed by atoms with Gasteiger partial charge >= 0.3 is 16.1 Å². The molecule has 1 aliphatic heterocycles. The van der Waals surface area contributed by atoms with Crippen LogP contribution in [0, 0.1) is 35.0 Å². The van der Waals surface area contributed by atoms with Gasteiger partial charge in [-0.15, -0.1) is 0 Å². The van der Waals surface area contributed by atoms with Crippen molar-refractivity contribution in [2.75, 3.05) is 37.1 Å². The van der Waals surface area contributed by atoms with E-state index < -0.39 is 108 Å². The van der Waals surface area contributed by atoms with Crippen LogP contribution in [-0.2, 0) is 36.8 Å². The van der Waals surface area contributed by atoms with Crippen LogP contribution in [0.1, 0.15) is 56.2 Å². The van der Waals surface area contributed by atoms with Gasteiger partial charge in [-0.25, -0.2) is 19.5 Å². The van der Waals surface area contributed by atoms with Gasteiger partial charge in [0, 0.05) is 41.5 Å². The molecule has 63 heavy (non-hydrogen) atoms. The van der Waals surface area contributed by atoms with E-state index in [9.17, 15) is 43.9 Å². The molecule has 5 aromatic rings. The number of nitrogens with zero attached hydrogens (tertiary/aromatic N) is 7. The zero-order valence-corrected chi connectivity index (χ0v) is 36.0. The SMILES string of the molecule is CC(C)C(=O)Nc1nc2c(ncn2[C@@H]2O[C@H](CO)[C@@H](CO)[C@H]2OP(=O)(OCCC#N)OC[C@H]2C[C@@H](n3ccc4c(NC(=O)c5ccccc5)ncnc43)[C@H](C)[C@@H]2O[PH](=O)O)c(=O)[nH]1. The number of carbonyl (C=O) groups excluding carboxylic acids is 2. The molecule has 23 nitrogen and oxygen atoms in total. The highest BCUT2D eigenvalue weighted by atomic mass is 31.2. The molecular weight excluding hydrogens is 866 g/mol. The number of H-pyrrole nitrogens is 1. The number of phosphoric ester groups is 1. The summed E-state index contributed by atoms with van der Waals surface area (Å²) in [5.74, 6) is -3.47. The molecule has 2 fully saturated rings. The second kappa shape index (κ2) is 19.7. The maximum absolute atomic E-state index is 14.7. The Kier molecular flexibility index (Phi) is 14.3. The summed E-state index contributed by atoms with van der Waals surface area (Å²) in [6.45, 7) is 2.97. The number of anilines is 2. The van der Waals surface area contributed by atoms with E-state index in [0.29, 0.717) is 16.6 Å². The molecule has 1 aromatic carbocycles. The van der Waals surface area contributed by atoms with Crippen LogP contribution in [0.2, 0.25) is 0 Å². The fraction of sp³-hybridized carbons (Fsp3) is 0.474. The molecule has 10 atom stereocenters. The second-order valence-corrected chi connectivity index (χ2v) is 17.7. The number of nitrogens with one attached hydrogen (secondary N) is 3. The monoisotopic (exact) mass is 912 g/mol. The molecule has 0 bridgehead atoms. The lowest BCUT2D eigenvalue weighted by Crippen LogP contribution is -2.33. The number of aromatic amines is 1. The van der Waals surface area contributed by atoms with Crippen LogP contribution in [0.4, 0.5) is 11.8 Å². The van der Waals surface area contributed by atoms with E-state index in [1.165, 1.54) is 17.2 Å². The fourth-order valence-corrected chi connectivity index (χ4v) is 9.95. The van der Waals surface area contributed by atoms with Gasteiger partial charge in [-0.3, -0.25) is 47.4 Å². The van der Waals surface area contributed by atoms with E-state index in [1.807, 2.05) is 10.6 Å². The van der Waals surface area contributed by atoms with E-state index in [0.717, 1.165) is 0 Å². The van der Waals surface area contributed by atoms with E-state index >= 15 is 0 Å². The zero-order valence-electron chi connectivity index (χ0n) is 34.1. The normalized spacial score (nSPS) is 25.0. The van der Waals surface area contributed by atoms with Gasteiger partial charge in [-0.1, -0.05) is 39.0 Å². The van der Waals surface area contributed by atoms with Crippen LogP contribution in [0.5, 0.6) is 0 Å². The number of nitriles is 1. The zero-order chi connectivity index (χ0) is 45.0. The maximum atomic E-state index is 14.7. The highest BCUT2D eigenvalue weighted by Crippen LogP contribution is 2.56. The van der Waals surface area contributed by atoms with E-state index in [1.54, 1.807) is 63.4 Å². The number of carbonyl (C=O) groups is 2. The number of benzene rings is 1. The third-order valence-electron chi connectivity index (χ3n) is 11.0. The number of aliphatic hydroxyl groups is 2. The first-order valence-corrected chi connectivity index (χ1v) is 22.6. The summed E-state index contributed by atoms with van der Waals surface area (Å²) in [6, 6.07) is 11.8. The van der Waals surface area contributed by atoms with Gasteiger partial charge in [-0.2, -0.15) is 10.2 Å². The molecule has 1 saturated carbocycles. The lowest BCUT2D eigenvalue weighted by Gasteiger charge is -2.29. The van der Waals surface area contributed by atoms with E-state index in [4.69, 9.17) is 22.8 Å². The van der Waals surface area contributed by atoms with Crippen LogP contribution < -0.4 is 16.2 Å². The first-order valence-electron chi connectivity index (χ1n) is 19.9. The van der Waals surface area contributed by atoms with Gasteiger partial charge in [0.05, 0.1) is 62.8 Å². The van der Waals surface area contributed by atoms with Crippen LogP contribution in [0.3, 0.4) is 0 Å². The topological polar surface area (TPSA) is 317 Å². The number of aliphatic hydroxyl groups excluding tert-OH is 2. The summed E-state index contributed by atoms with van der Waals surface area (Å²) in [5.41, 5.74) is -0.0788. The van der Waals surface area contributed by atoms with E-state index in [2.05, 4.69) is 35.6 Å². The smallest absolute Gasteiger partial charge is 0.396 e. The number of fused-ring (bicyclic) bond motifs is 2. The second-order valence-electron chi connectivity index (χ2n) is 15.3. The lowest BCUT2D eigenvalue weighted by atomic mass is 9.99. The third-order valence-corrected chi connectivity index (χ3v) is 13.0. The molecule has 7 rings (SSSR count). The highest BCUT2D eigenvalue weighted by molar-refractivity contribution is 7.48. The van der Waals surface area contributed by atoms with Crippen LogP contribution in [0.25, 0.3) is 22.2 Å². The van der Waals surface area contributed by atoms with Gasteiger partial charge < -0.3 is 34.3 Å². The van der Waals surface area contributed by atoms with Crippen molar-refractivity contribution >= 4 is 61.9 Å². The Morgan fingerprint density at radius 3 is 2.56 bits per heavy atom. The molecule has 0 spiro atoms. The Hall–Kier alpha value is -5.24. The Morgan fingerprint density at radius 1 is 1.08 bits per heavy atom. The summed E-state index contributed by atoms with van der Waals surface area (Å²) in [4.78, 5) is 68.2. The molecule has 25 heteroatoms. The largest absolute Gasteiger partial charge is 0.475 e. The van der Waals surface area contributed by atoms with Crippen molar-refractivity contribution in [1.82, 2.24) is 34.1 Å². The first-order chi connectivity index (χ1) is 30.2. The number of amides is 2. The van der Waals surface area contributed by atoms with Crippen LogP contribution in [0.15, 0.2) is 60.0 Å². The van der Waals surface area contributed by atoms with Gasteiger partial charge in [0.15, 0.2) is 17.4 Å². The standard InChI is InChI=1S/C38H46N10O13P2/c1-20(2)34(51)45-38-44-33-28(36(53)46-38)42-19-48(33)37-30(25(15-49)27(16-50)59-37)61-63(56,57-13-7-11-39)58-17-23-14-26(21(3)29(23)60-62(54)55)47-12-10-24-31(40-18-41-32(24)47)43-35(52)22-8-5-4-6-9-22/h4-6,8-10,12,18-21,23,25-27,29-30,37,49-50,62H,7,13-17H2,1-3H3,(H,54,55)(H,40,41,43,52)(H2,44,45,46,51,53)/t21-,23+,25+,26+,27+,29-,30+,37+,63?/m0/s1. The van der Waals surface area contributed by atoms with Gasteiger partial charge in [0.2, 0.25) is 11.9 Å². The van der Waals surface area contributed by atoms with Crippen molar-refractivity contribution in [1.29, 1.82) is 5.26 Å². The van der Waals surface area contributed by atoms with Gasteiger partial charge in [0.1, 0.15) is 23.9 Å². The molecule has 1 aliphatic carbocycles. The highest BCUT2D eigenvalue weighted by Gasteiger charge is 2.51. The number of hydrogen-bond donors (Lipinski definition) is 6. The average molecular weight is 913 g/mol. The average Bonchev–Trinajstić information content (AvgIpc) is 4.04. The predicted molar refractivity (Wildman–Crippen MR) is 222 cm³/mol. The number of phosphoric acid groups is 1. The Balaban J connectivity index is 1.16. The predicted octanol–water partition coefficient (Wildman–Crippen LogP) is 3.31. The summed E-state index contributed by atoms with van der Waals surface area (Å²) in [7, 11) is -8.31. The number of hydrogen-bond acceptors (Lipinski definition) is 17. The number of ether oxygens (including phenoxy) is 1. The van der Waals surface area contributed by atoms with Crippen molar-refractivity contribution in [3.8, 4) is 6.07 Å². The molecule has 0 radical (unpaired) electrons. The van der Waals surface area contributed by atoms with Gasteiger partial charge in [0.25, 0.3) is 11.5 Å². The molecule has 2 aliphatic rings. The minimum absolute atomic E-state index is 0.0912. The minimum Gasteiger partial charge on any atom is -0.396 e. The Labute approximate surface area is 359 Å². The Bertz CT molecular complexity index is 2620. The number of rotatable bonds is 18. The quantitative estimate of drug-likeness (QED) is 0.0542. The third kappa shape index (κ3) is 9.80. The lowest BCUT2D eigenvalue weighted by molar-refractivity contribution is -0.118. The van der Waals surface area contributed by atoms with Crippen molar-refractivity contribution < 1.29 is 56.7 Å². The Morgan fingerprint density at radius 2 is 1.86 bits per heavy atom. The maximum Gasteiger partial charge on any atom is 0.475 e. The van der Waals surface area contributed by atoms with E-state index in [-0.39, 0.29) is 41.7 Å². The van der Waals surface area contributed by atoms with Crippen molar-refractivity contribution in [2.45, 2.75) is 64.2 Å². The molecule has 2 unspecified atom stereocenters. The molecular formula is C38H46N10O13P2. The molecule has 336 valence electrons. The number of imidazole rings is 1. The molecule has 6 N–H and O–H groups in total. The number of aromatic nitrogens is 7. The molecule has 2 amide bonds. The summed E-state index contributed by atoms with van der Waals surface area (Å²) in [5, 5.41) is 36.0. The van der Waals surface area contributed by atoms with Crippen molar-refractivity contribution in [2.24, 2.45) is 23.7 Å². The summed E-state index contributed by atoms with van der Waals surface area (Å²) >= 11 is 0. The van der Waals surface area contributed by atoms with Gasteiger partial charge in [-0.05, 0) is 24.6 Å². The molecule has 4 aromatic heterocycles. The minimum atomic E-state index is -4.79. The van der Waals surface area contributed by atoms with Crippen molar-refractivity contribution in [3.05, 3.63) is 71.2 Å². The first kappa shape index (κ1) is 45.8. The van der Waals surface area contributed by atoms with Crippen LogP contribution in [-0.4, -0.2) is 106 Å². The molecule has 5 heterocycles. The fourth-order valence-electron chi connectivity index (χ4n) is 7.87. The van der Waals surface area contributed by atoms with Crippen molar-refractivity contribution in [3.63, 3.8) is 0 Å². The molecule has 1 saturated heterocycles. The summed E-state index contributed by atoms with van der Waals surface area (Å²) < 4.78 is 59.5.